The second-order valence-corrected chi connectivity index (χ2v) is 7.38. The summed E-state index contributed by atoms with van der Waals surface area (Å²) in [5.74, 6) is -0.420. The molecule has 21 heavy (non-hydrogen) atoms. The highest BCUT2D eigenvalue weighted by atomic mass is 32.1. The van der Waals surface area contributed by atoms with Gasteiger partial charge in [-0.1, -0.05) is 18.3 Å². The van der Waals surface area contributed by atoms with Crippen LogP contribution in [0.3, 0.4) is 0 Å². The van der Waals surface area contributed by atoms with Crippen LogP contribution in [0.15, 0.2) is 0 Å². The van der Waals surface area contributed by atoms with Crippen molar-refractivity contribution in [3.05, 3.63) is 5.01 Å². The minimum atomic E-state index is -0.310. The average Bonchev–Trinajstić information content (AvgIpc) is 2.96. The Kier molecular flexibility index (Phi) is 4.61. The Morgan fingerprint density at radius 3 is 2.71 bits per heavy atom. The summed E-state index contributed by atoms with van der Waals surface area (Å²) in [5.41, 5.74) is -0.247. The van der Waals surface area contributed by atoms with Crippen LogP contribution in [-0.2, 0) is 16.0 Å². The van der Waals surface area contributed by atoms with Gasteiger partial charge in [0.2, 0.25) is 16.9 Å². The highest BCUT2D eigenvalue weighted by Gasteiger charge is 2.39. The fraction of sp³-hybridized carbons (Fsp3) is 0.714. The van der Waals surface area contributed by atoms with Crippen LogP contribution < -0.4 is 5.32 Å². The number of amides is 2. The first kappa shape index (κ1) is 15.9. The zero-order valence-electron chi connectivity index (χ0n) is 13.0. The molecule has 1 aromatic heterocycles. The molecule has 7 heteroatoms. The van der Waals surface area contributed by atoms with E-state index in [4.69, 9.17) is 0 Å². The molecule has 0 bridgehead atoms. The van der Waals surface area contributed by atoms with Gasteiger partial charge in [-0.2, -0.15) is 0 Å². The summed E-state index contributed by atoms with van der Waals surface area (Å²) in [5, 5.41) is 12.2. The van der Waals surface area contributed by atoms with E-state index in [0.717, 1.165) is 17.8 Å². The minimum absolute atomic E-state index is 0.0339. The molecule has 1 aliphatic rings. The molecule has 2 rings (SSSR count). The van der Waals surface area contributed by atoms with Gasteiger partial charge >= 0.3 is 0 Å². The van der Waals surface area contributed by atoms with Crippen molar-refractivity contribution in [2.75, 3.05) is 11.9 Å². The van der Waals surface area contributed by atoms with E-state index < -0.39 is 0 Å². The third kappa shape index (κ3) is 3.78. The van der Waals surface area contributed by atoms with E-state index in [1.54, 1.807) is 4.90 Å². The Bertz CT molecular complexity index is 535. The van der Waals surface area contributed by atoms with Crippen LogP contribution in [0.25, 0.3) is 0 Å². The lowest BCUT2D eigenvalue weighted by Crippen LogP contribution is -2.42. The first-order valence-corrected chi connectivity index (χ1v) is 8.06. The molecule has 0 saturated carbocycles. The van der Waals surface area contributed by atoms with Crippen molar-refractivity contribution in [2.24, 2.45) is 5.92 Å². The van der Waals surface area contributed by atoms with Crippen LogP contribution in [0.2, 0.25) is 0 Å². The molecule has 1 unspecified atom stereocenters. The highest BCUT2D eigenvalue weighted by molar-refractivity contribution is 7.15. The SMILES string of the molecule is CCCc1nnc(NC(=O)C2CC(=O)N(C(C)(C)C)C2)s1. The van der Waals surface area contributed by atoms with E-state index in [0.29, 0.717) is 11.7 Å². The third-order valence-electron chi connectivity index (χ3n) is 3.47. The molecule has 6 nitrogen and oxygen atoms in total. The van der Waals surface area contributed by atoms with Gasteiger partial charge in [-0.3, -0.25) is 9.59 Å². The molecule has 0 radical (unpaired) electrons. The lowest BCUT2D eigenvalue weighted by atomic mass is 10.1. The minimum Gasteiger partial charge on any atom is -0.337 e. The molecule has 1 aliphatic heterocycles. The molecule has 1 fully saturated rings. The van der Waals surface area contributed by atoms with Crippen molar-refractivity contribution >= 4 is 28.3 Å². The lowest BCUT2D eigenvalue weighted by molar-refractivity contribution is -0.131. The summed E-state index contributed by atoms with van der Waals surface area (Å²) in [6.45, 7) is 8.48. The van der Waals surface area contributed by atoms with Crippen molar-refractivity contribution in [3.8, 4) is 0 Å². The fourth-order valence-electron chi connectivity index (χ4n) is 2.36. The number of anilines is 1. The summed E-state index contributed by atoms with van der Waals surface area (Å²) in [6.07, 6.45) is 2.14. The molecule has 0 aliphatic carbocycles. The van der Waals surface area contributed by atoms with Gasteiger partial charge in [0.1, 0.15) is 5.01 Å². The molecule has 0 spiro atoms. The largest absolute Gasteiger partial charge is 0.337 e. The molecule has 0 aromatic carbocycles. The fourth-order valence-corrected chi connectivity index (χ4v) is 3.20. The van der Waals surface area contributed by atoms with Gasteiger partial charge in [-0.05, 0) is 27.2 Å². The Labute approximate surface area is 128 Å². The predicted molar refractivity (Wildman–Crippen MR) is 82.1 cm³/mol. The number of carbonyl (C=O) groups is 2. The average molecular weight is 310 g/mol. The summed E-state index contributed by atoms with van der Waals surface area (Å²) >= 11 is 1.40. The number of aromatic nitrogens is 2. The Balaban J connectivity index is 1.96. The number of aryl methyl sites for hydroxylation is 1. The van der Waals surface area contributed by atoms with Crippen molar-refractivity contribution in [1.82, 2.24) is 15.1 Å². The molecule has 116 valence electrons. The molecular weight excluding hydrogens is 288 g/mol. The van der Waals surface area contributed by atoms with E-state index >= 15 is 0 Å². The molecule has 1 saturated heterocycles. The quantitative estimate of drug-likeness (QED) is 0.924. The number of hydrogen-bond donors (Lipinski definition) is 1. The smallest absolute Gasteiger partial charge is 0.231 e. The zero-order valence-corrected chi connectivity index (χ0v) is 13.8. The van der Waals surface area contributed by atoms with Crippen LogP contribution in [0.5, 0.6) is 0 Å². The lowest BCUT2D eigenvalue weighted by Gasteiger charge is -2.31. The molecule has 1 N–H and O–H groups in total. The first-order chi connectivity index (χ1) is 9.81. The van der Waals surface area contributed by atoms with Gasteiger partial charge in [-0.15, -0.1) is 10.2 Å². The number of carbonyl (C=O) groups excluding carboxylic acids is 2. The summed E-state index contributed by atoms with van der Waals surface area (Å²) < 4.78 is 0. The summed E-state index contributed by atoms with van der Waals surface area (Å²) in [6, 6.07) is 0. The van der Waals surface area contributed by atoms with Crippen LogP contribution in [0.4, 0.5) is 5.13 Å². The van der Waals surface area contributed by atoms with Crippen molar-refractivity contribution in [3.63, 3.8) is 0 Å². The molecule has 1 aromatic rings. The third-order valence-corrected chi connectivity index (χ3v) is 4.36. The summed E-state index contributed by atoms with van der Waals surface area (Å²) in [4.78, 5) is 26.0. The first-order valence-electron chi connectivity index (χ1n) is 7.25. The van der Waals surface area contributed by atoms with E-state index in [1.807, 2.05) is 20.8 Å². The highest BCUT2D eigenvalue weighted by Crippen LogP contribution is 2.27. The second kappa shape index (κ2) is 6.09. The standard InChI is InChI=1S/C14H22N4O2S/c1-5-6-10-16-17-13(21-10)15-12(20)9-7-11(19)18(8-9)14(2,3)4/h9H,5-8H2,1-4H3,(H,15,17,20). The number of likely N-dealkylation sites (tertiary alicyclic amines) is 1. The monoisotopic (exact) mass is 310 g/mol. The second-order valence-electron chi connectivity index (χ2n) is 6.32. The van der Waals surface area contributed by atoms with E-state index in [1.165, 1.54) is 11.3 Å². The number of nitrogens with zero attached hydrogens (tertiary/aromatic N) is 3. The molecule has 2 heterocycles. The number of rotatable bonds is 4. The topological polar surface area (TPSA) is 75.2 Å². The van der Waals surface area contributed by atoms with Gasteiger partial charge < -0.3 is 10.2 Å². The van der Waals surface area contributed by atoms with Crippen LogP contribution in [0.1, 0.15) is 45.5 Å². The van der Waals surface area contributed by atoms with Crippen LogP contribution >= 0.6 is 11.3 Å². The Morgan fingerprint density at radius 1 is 1.43 bits per heavy atom. The van der Waals surface area contributed by atoms with Crippen molar-refractivity contribution < 1.29 is 9.59 Å². The number of hydrogen-bond acceptors (Lipinski definition) is 5. The van der Waals surface area contributed by atoms with Gasteiger partial charge in [-0.25, -0.2) is 0 Å². The molecular formula is C14H22N4O2S. The maximum absolute atomic E-state index is 12.2. The summed E-state index contributed by atoms with van der Waals surface area (Å²) in [7, 11) is 0. The Hall–Kier alpha value is -1.50. The zero-order chi connectivity index (χ0) is 15.6. The normalized spacial score (nSPS) is 19.1. The van der Waals surface area contributed by atoms with Gasteiger partial charge in [0.15, 0.2) is 0 Å². The Morgan fingerprint density at radius 2 is 2.14 bits per heavy atom. The van der Waals surface area contributed by atoms with E-state index in [9.17, 15) is 9.59 Å². The van der Waals surface area contributed by atoms with Crippen LogP contribution in [-0.4, -0.2) is 39.0 Å². The van der Waals surface area contributed by atoms with E-state index in [2.05, 4.69) is 22.4 Å². The van der Waals surface area contributed by atoms with Crippen molar-refractivity contribution in [2.45, 2.75) is 52.5 Å². The predicted octanol–water partition coefficient (Wildman–Crippen LogP) is 2.08. The molecule has 1 atom stereocenters. The maximum Gasteiger partial charge on any atom is 0.231 e. The van der Waals surface area contributed by atoms with Crippen molar-refractivity contribution in [1.29, 1.82) is 0 Å². The number of nitrogens with one attached hydrogen (secondary N) is 1. The van der Waals surface area contributed by atoms with Gasteiger partial charge in [0, 0.05) is 24.9 Å². The van der Waals surface area contributed by atoms with Gasteiger partial charge in [0.05, 0.1) is 5.92 Å². The van der Waals surface area contributed by atoms with Gasteiger partial charge in [0.25, 0.3) is 0 Å². The van der Waals surface area contributed by atoms with Crippen LogP contribution in [0, 0.1) is 5.92 Å². The molecule has 2 amide bonds. The maximum atomic E-state index is 12.2. The van der Waals surface area contributed by atoms with E-state index in [-0.39, 0.29) is 29.7 Å².